The first-order valence-electron chi connectivity index (χ1n) is 2.70. The van der Waals surface area contributed by atoms with E-state index < -0.39 is 5.92 Å². The molecule has 0 aliphatic rings. The quantitative estimate of drug-likeness (QED) is 0.401. The lowest BCUT2D eigenvalue weighted by atomic mass is 10.1. The van der Waals surface area contributed by atoms with Crippen LogP contribution >= 0.6 is 0 Å². The molecule has 0 spiro atoms. The normalized spacial score (nSPS) is 12.8. The summed E-state index contributed by atoms with van der Waals surface area (Å²) in [5, 5.41) is 0. The Morgan fingerprint density at radius 1 is 1.75 bits per heavy atom. The Hall–Kier alpha value is -0.660. The average molecular weight is 114 g/mol. The smallest absolute Gasteiger partial charge is 0.142 e. The van der Waals surface area contributed by atoms with Crippen molar-refractivity contribution in [3.8, 4) is 0 Å². The lowest BCUT2D eigenvalue weighted by molar-refractivity contribution is -0.126. The summed E-state index contributed by atoms with van der Waals surface area (Å²) < 4.78 is 0. The third kappa shape index (κ3) is 1.87. The summed E-state index contributed by atoms with van der Waals surface area (Å²) in [5.41, 5.74) is 0. The molecule has 0 aromatic carbocycles. The largest absolute Gasteiger partial charge is 0.303 e. The van der Waals surface area contributed by atoms with E-state index >= 15 is 0 Å². The molecule has 0 saturated heterocycles. The van der Waals surface area contributed by atoms with Crippen LogP contribution in [0.15, 0.2) is 0 Å². The van der Waals surface area contributed by atoms with E-state index in [0.717, 1.165) is 0 Å². The molecule has 0 heterocycles. The van der Waals surface area contributed by atoms with Gasteiger partial charge in [0, 0.05) is 6.42 Å². The van der Waals surface area contributed by atoms with E-state index in [1.165, 1.54) is 0 Å². The van der Waals surface area contributed by atoms with Crippen LogP contribution in [0.25, 0.3) is 0 Å². The number of aldehydes is 1. The summed E-state index contributed by atoms with van der Waals surface area (Å²) in [4.78, 5) is 20.4. The van der Waals surface area contributed by atoms with Gasteiger partial charge in [-0.3, -0.25) is 4.79 Å². The van der Waals surface area contributed by atoms with Crippen LogP contribution in [0.2, 0.25) is 0 Å². The van der Waals surface area contributed by atoms with Gasteiger partial charge in [-0.15, -0.1) is 0 Å². The van der Waals surface area contributed by atoms with Gasteiger partial charge >= 0.3 is 0 Å². The molecule has 0 aromatic rings. The molecule has 0 aliphatic heterocycles. The Bertz CT molecular complexity index is 96.7. The SMILES string of the molecule is CCC(=O)[C@@H](C)C=O. The maximum absolute atomic E-state index is 10.5. The van der Waals surface area contributed by atoms with Gasteiger partial charge in [-0.05, 0) is 6.92 Å². The van der Waals surface area contributed by atoms with Crippen molar-refractivity contribution in [1.29, 1.82) is 0 Å². The first-order chi connectivity index (χ1) is 3.72. The highest BCUT2D eigenvalue weighted by Gasteiger charge is 2.06. The molecule has 0 N–H and O–H groups in total. The summed E-state index contributed by atoms with van der Waals surface area (Å²) in [6.07, 6.45) is 1.13. The minimum atomic E-state index is -0.403. The fraction of sp³-hybridized carbons (Fsp3) is 0.667. The van der Waals surface area contributed by atoms with Crippen molar-refractivity contribution in [2.24, 2.45) is 5.92 Å². The minimum Gasteiger partial charge on any atom is -0.303 e. The van der Waals surface area contributed by atoms with Crippen LogP contribution in [0.1, 0.15) is 20.3 Å². The standard InChI is InChI=1S/C6H10O2/c1-3-6(8)5(2)4-7/h4-5H,3H2,1-2H3/t5-/m0/s1. The monoisotopic (exact) mass is 114 g/mol. The molecule has 0 radical (unpaired) electrons. The van der Waals surface area contributed by atoms with Gasteiger partial charge in [0.2, 0.25) is 0 Å². The Morgan fingerprint density at radius 3 is 2.38 bits per heavy atom. The van der Waals surface area contributed by atoms with Gasteiger partial charge < -0.3 is 4.79 Å². The number of hydrogen-bond donors (Lipinski definition) is 0. The molecule has 0 unspecified atom stereocenters. The second-order valence-electron chi connectivity index (χ2n) is 1.74. The summed E-state index contributed by atoms with van der Waals surface area (Å²) in [6, 6.07) is 0. The molecular weight excluding hydrogens is 104 g/mol. The van der Waals surface area contributed by atoms with Crippen LogP contribution in [0.5, 0.6) is 0 Å². The van der Waals surface area contributed by atoms with Crippen LogP contribution in [0.4, 0.5) is 0 Å². The second kappa shape index (κ2) is 3.36. The Kier molecular flexibility index (Phi) is 3.08. The predicted octanol–water partition coefficient (Wildman–Crippen LogP) is 0.800. The van der Waals surface area contributed by atoms with E-state index in [4.69, 9.17) is 0 Å². The van der Waals surface area contributed by atoms with Crippen LogP contribution in [-0.2, 0) is 9.59 Å². The number of carbonyl (C=O) groups excluding carboxylic acids is 2. The van der Waals surface area contributed by atoms with E-state index in [9.17, 15) is 9.59 Å². The highest BCUT2D eigenvalue weighted by atomic mass is 16.1. The maximum atomic E-state index is 10.5. The molecule has 0 amide bonds. The van der Waals surface area contributed by atoms with Crippen molar-refractivity contribution in [2.75, 3.05) is 0 Å². The van der Waals surface area contributed by atoms with Gasteiger partial charge in [0.15, 0.2) is 0 Å². The molecule has 2 nitrogen and oxygen atoms in total. The number of carbonyl (C=O) groups is 2. The summed E-state index contributed by atoms with van der Waals surface area (Å²) in [7, 11) is 0. The highest BCUT2D eigenvalue weighted by molar-refractivity contribution is 5.92. The van der Waals surface area contributed by atoms with E-state index in [1.54, 1.807) is 13.8 Å². The van der Waals surface area contributed by atoms with Crippen molar-refractivity contribution in [3.05, 3.63) is 0 Å². The molecule has 2 heteroatoms. The van der Waals surface area contributed by atoms with Crippen molar-refractivity contribution in [3.63, 3.8) is 0 Å². The molecule has 8 heavy (non-hydrogen) atoms. The third-order valence-corrected chi connectivity index (χ3v) is 1.06. The van der Waals surface area contributed by atoms with E-state index in [-0.39, 0.29) is 5.78 Å². The fourth-order valence-electron chi connectivity index (χ4n) is 0.398. The molecule has 0 fully saturated rings. The first-order valence-corrected chi connectivity index (χ1v) is 2.70. The van der Waals surface area contributed by atoms with Crippen LogP contribution in [0.3, 0.4) is 0 Å². The van der Waals surface area contributed by atoms with E-state index in [1.807, 2.05) is 0 Å². The molecule has 0 bridgehead atoms. The zero-order chi connectivity index (χ0) is 6.57. The lowest BCUT2D eigenvalue weighted by Gasteiger charge is -1.95. The van der Waals surface area contributed by atoms with Crippen LogP contribution in [0, 0.1) is 5.92 Å². The molecular formula is C6H10O2. The van der Waals surface area contributed by atoms with Crippen molar-refractivity contribution in [2.45, 2.75) is 20.3 Å². The average Bonchev–Trinajstić information content (AvgIpc) is 1.84. The number of hydrogen-bond acceptors (Lipinski definition) is 2. The molecule has 1 atom stereocenters. The lowest BCUT2D eigenvalue weighted by Crippen LogP contribution is -2.09. The van der Waals surface area contributed by atoms with Gasteiger partial charge in [0.1, 0.15) is 12.1 Å². The summed E-state index contributed by atoms with van der Waals surface area (Å²) >= 11 is 0. The van der Waals surface area contributed by atoms with Crippen molar-refractivity contribution in [1.82, 2.24) is 0 Å². The van der Waals surface area contributed by atoms with Gasteiger partial charge in [-0.2, -0.15) is 0 Å². The Morgan fingerprint density at radius 2 is 2.25 bits per heavy atom. The van der Waals surface area contributed by atoms with Crippen LogP contribution < -0.4 is 0 Å². The fourth-order valence-corrected chi connectivity index (χ4v) is 0.398. The molecule has 0 saturated carbocycles. The van der Waals surface area contributed by atoms with Gasteiger partial charge in [-0.1, -0.05) is 6.92 Å². The number of ketones is 1. The zero-order valence-electron chi connectivity index (χ0n) is 5.18. The Labute approximate surface area is 48.9 Å². The van der Waals surface area contributed by atoms with Gasteiger partial charge in [0.25, 0.3) is 0 Å². The van der Waals surface area contributed by atoms with E-state index in [0.29, 0.717) is 12.7 Å². The second-order valence-corrected chi connectivity index (χ2v) is 1.74. The first kappa shape index (κ1) is 7.34. The van der Waals surface area contributed by atoms with E-state index in [2.05, 4.69) is 0 Å². The van der Waals surface area contributed by atoms with Crippen LogP contribution in [-0.4, -0.2) is 12.1 Å². The topological polar surface area (TPSA) is 34.1 Å². The molecule has 46 valence electrons. The maximum Gasteiger partial charge on any atom is 0.142 e. The molecule has 0 rings (SSSR count). The van der Waals surface area contributed by atoms with Gasteiger partial charge in [-0.25, -0.2) is 0 Å². The van der Waals surface area contributed by atoms with Crippen molar-refractivity contribution >= 4 is 12.1 Å². The highest BCUT2D eigenvalue weighted by Crippen LogP contribution is 1.94. The van der Waals surface area contributed by atoms with Crippen molar-refractivity contribution < 1.29 is 9.59 Å². The number of Topliss-reactive ketones (excluding diaryl/α,β-unsaturated/α-hetero) is 1. The third-order valence-electron chi connectivity index (χ3n) is 1.06. The molecule has 0 aromatic heterocycles. The minimum absolute atomic E-state index is 0.0139. The predicted molar refractivity (Wildman–Crippen MR) is 30.5 cm³/mol. The van der Waals surface area contributed by atoms with Gasteiger partial charge in [0.05, 0.1) is 5.92 Å². The Balaban J connectivity index is 3.62. The zero-order valence-corrected chi connectivity index (χ0v) is 5.18. The molecule has 0 aliphatic carbocycles. The summed E-state index contributed by atoms with van der Waals surface area (Å²) in [5.74, 6) is -0.389. The summed E-state index contributed by atoms with van der Waals surface area (Å²) in [6.45, 7) is 3.36. The number of rotatable bonds is 3.